The Hall–Kier alpha value is -3.47. The summed E-state index contributed by atoms with van der Waals surface area (Å²) in [6.45, 7) is 3.45. The zero-order valence-corrected chi connectivity index (χ0v) is 20.0. The van der Waals surface area contributed by atoms with Gasteiger partial charge in [-0.2, -0.15) is 10.2 Å². The number of benzene rings is 1. The monoisotopic (exact) mass is 495 g/mol. The maximum atomic E-state index is 13.2. The van der Waals surface area contributed by atoms with Gasteiger partial charge in [0.1, 0.15) is 17.0 Å². The third-order valence-electron chi connectivity index (χ3n) is 6.22. The number of hydrogen-bond donors (Lipinski definition) is 2. The number of fused-ring (bicyclic) bond motifs is 1. The van der Waals surface area contributed by atoms with Gasteiger partial charge in [0.05, 0.1) is 25.5 Å². The van der Waals surface area contributed by atoms with Crippen molar-refractivity contribution in [3.05, 3.63) is 59.6 Å². The van der Waals surface area contributed by atoms with Crippen molar-refractivity contribution < 1.29 is 14.6 Å². The first kappa shape index (κ1) is 23.3. The molecule has 11 heteroatoms. The fourth-order valence-corrected chi connectivity index (χ4v) is 4.55. The lowest BCUT2D eigenvalue weighted by atomic mass is 10.1. The molecule has 4 heterocycles. The van der Waals surface area contributed by atoms with Gasteiger partial charge in [0.15, 0.2) is 5.65 Å². The minimum atomic E-state index is -0.342. The molecule has 2 N–H and O–H groups in total. The molecule has 0 aliphatic carbocycles. The van der Waals surface area contributed by atoms with Gasteiger partial charge in [-0.15, -0.1) is 0 Å². The number of aliphatic hydroxyl groups is 1. The molecule has 0 spiro atoms. The number of anilines is 1. The summed E-state index contributed by atoms with van der Waals surface area (Å²) < 4.78 is 8.91. The molecule has 1 fully saturated rings. The SMILES string of the molecule is COc1ccc(Cl)cc1-c1nn(CCN2CC[C@H](CO)C2)cc1NC(=O)c1cnn2cccnc12. The van der Waals surface area contributed by atoms with Crippen molar-refractivity contribution in [1.29, 1.82) is 0 Å². The number of hydrogen-bond acceptors (Lipinski definition) is 7. The van der Waals surface area contributed by atoms with E-state index in [0.29, 0.717) is 51.4 Å². The van der Waals surface area contributed by atoms with Gasteiger partial charge in [0, 0.05) is 48.9 Å². The average molecular weight is 496 g/mol. The lowest BCUT2D eigenvalue weighted by molar-refractivity contribution is 0.102. The van der Waals surface area contributed by atoms with Crippen LogP contribution >= 0.6 is 11.6 Å². The van der Waals surface area contributed by atoms with Crippen LogP contribution in [0.1, 0.15) is 16.8 Å². The summed E-state index contributed by atoms with van der Waals surface area (Å²) in [6, 6.07) is 7.04. The molecule has 4 aromatic rings. The molecule has 1 aromatic carbocycles. The zero-order chi connectivity index (χ0) is 24.4. The van der Waals surface area contributed by atoms with Gasteiger partial charge < -0.3 is 20.1 Å². The van der Waals surface area contributed by atoms with E-state index in [4.69, 9.17) is 21.4 Å². The Bertz CT molecular complexity index is 1350. The van der Waals surface area contributed by atoms with Crippen molar-refractivity contribution >= 4 is 28.8 Å². The van der Waals surface area contributed by atoms with Crippen LogP contribution in [0.4, 0.5) is 5.69 Å². The topological polar surface area (TPSA) is 110 Å². The number of nitrogens with zero attached hydrogens (tertiary/aromatic N) is 6. The molecular weight excluding hydrogens is 470 g/mol. The first-order valence-electron chi connectivity index (χ1n) is 11.4. The van der Waals surface area contributed by atoms with Crippen LogP contribution in [0.2, 0.25) is 5.02 Å². The number of methoxy groups -OCH3 is 1. The van der Waals surface area contributed by atoms with Crippen LogP contribution in [-0.2, 0) is 6.54 Å². The summed E-state index contributed by atoms with van der Waals surface area (Å²) in [6.07, 6.45) is 7.65. The molecule has 182 valence electrons. The number of carbonyl (C=O) groups is 1. The van der Waals surface area contributed by atoms with E-state index in [-0.39, 0.29) is 12.5 Å². The minimum absolute atomic E-state index is 0.214. The van der Waals surface area contributed by atoms with E-state index in [9.17, 15) is 9.90 Å². The van der Waals surface area contributed by atoms with Crippen molar-refractivity contribution in [3.63, 3.8) is 0 Å². The molecule has 3 aromatic heterocycles. The first-order chi connectivity index (χ1) is 17.1. The van der Waals surface area contributed by atoms with Gasteiger partial charge in [-0.1, -0.05) is 11.6 Å². The summed E-state index contributed by atoms with van der Waals surface area (Å²) in [5.41, 5.74) is 2.58. The maximum absolute atomic E-state index is 13.2. The summed E-state index contributed by atoms with van der Waals surface area (Å²) in [5, 5.41) is 21.9. The highest BCUT2D eigenvalue weighted by Gasteiger charge is 2.23. The minimum Gasteiger partial charge on any atom is -0.496 e. The molecule has 1 saturated heterocycles. The molecule has 0 bridgehead atoms. The molecule has 0 saturated carbocycles. The zero-order valence-electron chi connectivity index (χ0n) is 19.3. The van der Waals surface area contributed by atoms with E-state index < -0.39 is 0 Å². The number of ether oxygens (including phenoxy) is 1. The highest BCUT2D eigenvalue weighted by Crippen LogP contribution is 2.36. The maximum Gasteiger partial charge on any atom is 0.261 e. The van der Waals surface area contributed by atoms with Gasteiger partial charge >= 0.3 is 0 Å². The van der Waals surface area contributed by atoms with Gasteiger partial charge in [-0.05, 0) is 43.1 Å². The third kappa shape index (κ3) is 4.86. The molecular formula is C24H26ClN7O3. The first-order valence-corrected chi connectivity index (χ1v) is 11.8. The number of halogens is 1. The number of nitrogens with one attached hydrogen (secondary N) is 1. The van der Waals surface area contributed by atoms with Crippen molar-refractivity contribution in [2.24, 2.45) is 5.92 Å². The second kappa shape index (κ2) is 10.0. The number of amides is 1. The molecule has 0 radical (unpaired) electrons. The predicted octanol–water partition coefficient (Wildman–Crippen LogP) is 2.82. The van der Waals surface area contributed by atoms with Gasteiger partial charge in [-0.25, -0.2) is 9.50 Å². The van der Waals surface area contributed by atoms with Gasteiger partial charge in [-0.3, -0.25) is 9.48 Å². The van der Waals surface area contributed by atoms with E-state index in [2.05, 4.69) is 20.3 Å². The van der Waals surface area contributed by atoms with Crippen LogP contribution < -0.4 is 10.1 Å². The molecule has 1 amide bonds. The largest absolute Gasteiger partial charge is 0.496 e. The molecule has 1 atom stereocenters. The second-order valence-electron chi connectivity index (χ2n) is 8.54. The average Bonchev–Trinajstić information content (AvgIpc) is 3.60. The van der Waals surface area contributed by atoms with Gasteiger partial charge in [0.25, 0.3) is 5.91 Å². The highest BCUT2D eigenvalue weighted by atomic mass is 35.5. The normalized spacial score (nSPS) is 16.1. The summed E-state index contributed by atoms with van der Waals surface area (Å²) in [4.78, 5) is 19.8. The lowest BCUT2D eigenvalue weighted by Gasteiger charge is -2.15. The molecule has 10 nitrogen and oxygen atoms in total. The van der Waals surface area contributed by atoms with Crippen LogP contribution in [0.5, 0.6) is 5.75 Å². The van der Waals surface area contributed by atoms with Crippen molar-refractivity contribution in [2.45, 2.75) is 13.0 Å². The van der Waals surface area contributed by atoms with E-state index in [1.165, 1.54) is 6.20 Å². The Labute approximate surface area is 207 Å². The van der Waals surface area contributed by atoms with E-state index in [1.807, 2.05) is 10.9 Å². The van der Waals surface area contributed by atoms with Crippen LogP contribution in [0.25, 0.3) is 16.9 Å². The van der Waals surface area contributed by atoms with Crippen LogP contribution in [-0.4, -0.2) is 73.6 Å². The lowest BCUT2D eigenvalue weighted by Crippen LogP contribution is -2.26. The number of likely N-dealkylation sites (tertiary alicyclic amines) is 1. The summed E-state index contributed by atoms with van der Waals surface area (Å²) in [5.74, 6) is 0.581. The Morgan fingerprint density at radius 2 is 2.23 bits per heavy atom. The van der Waals surface area contributed by atoms with Crippen LogP contribution in [0.3, 0.4) is 0 Å². The highest BCUT2D eigenvalue weighted by molar-refractivity contribution is 6.31. The molecule has 1 aliphatic rings. The van der Waals surface area contributed by atoms with Crippen molar-refractivity contribution in [2.75, 3.05) is 38.7 Å². The van der Waals surface area contributed by atoms with Gasteiger partial charge in [0.2, 0.25) is 0 Å². The third-order valence-corrected chi connectivity index (χ3v) is 6.46. The quantitative estimate of drug-likeness (QED) is 0.387. The fraction of sp³-hybridized carbons (Fsp3) is 0.333. The second-order valence-corrected chi connectivity index (χ2v) is 8.97. The smallest absolute Gasteiger partial charge is 0.261 e. The fourth-order valence-electron chi connectivity index (χ4n) is 4.38. The molecule has 5 rings (SSSR count). The van der Waals surface area contributed by atoms with Crippen molar-refractivity contribution in [3.8, 4) is 17.0 Å². The predicted molar refractivity (Wildman–Crippen MR) is 132 cm³/mol. The summed E-state index contributed by atoms with van der Waals surface area (Å²) >= 11 is 6.29. The Balaban J connectivity index is 1.45. The molecule has 1 aliphatic heterocycles. The number of carbonyl (C=O) groups excluding carboxylic acids is 1. The van der Waals surface area contributed by atoms with Crippen LogP contribution in [0.15, 0.2) is 49.1 Å². The molecule has 35 heavy (non-hydrogen) atoms. The Morgan fingerprint density at radius 3 is 3.03 bits per heavy atom. The summed E-state index contributed by atoms with van der Waals surface area (Å²) in [7, 11) is 1.58. The standard InChI is InChI=1S/C24H26ClN7O3/c1-35-21-4-3-17(25)11-18(21)22-20(14-31(29-22)10-9-30-8-5-16(13-30)15-33)28-24(34)19-12-27-32-7-2-6-26-23(19)32/h2-4,6-7,11-12,14,16,33H,5,8-10,13,15H2,1H3,(H,28,34)/t16-/m0/s1. The number of aromatic nitrogens is 5. The number of aliphatic hydroxyl groups excluding tert-OH is 1. The molecule has 0 unspecified atom stereocenters. The number of rotatable bonds is 8. The van der Waals surface area contributed by atoms with Crippen LogP contribution in [0, 0.1) is 5.92 Å². The van der Waals surface area contributed by atoms with E-state index in [1.54, 1.807) is 48.3 Å². The Morgan fingerprint density at radius 1 is 1.34 bits per heavy atom. The Kier molecular flexibility index (Phi) is 6.67. The van der Waals surface area contributed by atoms with E-state index >= 15 is 0 Å². The van der Waals surface area contributed by atoms with E-state index in [0.717, 1.165) is 26.1 Å². The van der Waals surface area contributed by atoms with Crippen molar-refractivity contribution in [1.82, 2.24) is 29.3 Å².